The van der Waals surface area contributed by atoms with Crippen LogP contribution in [0.15, 0.2) is 40.9 Å². The Morgan fingerprint density at radius 1 is 1.00 bits per heavy atom. The number of benzene rings is 2. The third-order valence-corrected chi connectivity index (χ3v) is 4.29. The first-order valence-electron chi connectivity index (χ1n) is 8.89. The van der Waals surface area contributed by atoms with Crippen LogP contribution in [-0.4, -0.2) is 29.9 Å². The van der Waals surface area contributed by atoms with E-state index in [9.17, 15) is 0 Å². The molecule has 0 aliphatic carbocycles. The third-order valence-electron chi connectivity index (χ3n) is 4.29. The van der Waals surface area contributed by atoms with Gasteiger partial charge >= 0.3 is 0 Å². The average Bonchev–Trinajstić information content (AvgIpc) is 3.32. The topological polar surface area (TPSA) is 69.4 Å². The Kier molecular flexibility index (Phi) is 4.48. The van der Waals surface area contributed by atoms with Crippen LogP contribution in [0, 0.1) is 0 Å². The molecule has 4 rings (SSSR count). The van der Waals surface area contributed by atoms with Crippen LogP contribution >= 0.6 is 0 Å². The predicted octanol–water partition coefficient (Wildman–Crippen LogP) is 4.17. The highest BCUT2D eigenvalue weighted by Crippen LogP contribution is 2.33. The Bertz CT molecular complexity index is 920. The number of aromatic nitrogens is 2. The van der Waals surface area contributed by atoms with Crippen LogP contribution in [0.5, 0.6) is 11.5 Å². The molecular weight excluding hydrogens is 330 g/mol. The molecule has 0 amide bonds. The minimum absolute atomic E-state index is 0.456. The van der Waals surface area contributed by atoms with Crippen molar-refractivity contribution < 1.29 is 14.0 Å². The normalized spacial score (nSPS) is 12.5. The number of rotatable bonds is 6. The molecule has 0 radical (unpaired) electrons. The summed E-state index contributed by atoms with van der Waals surface area (Å²) in [7, 11) is 0. The Balaban J connectivity index is 1.64. The van der Waals surface area contributed by atoms with Crippen molar-refractivity contribution in [3.63, 3.8) is 0 Å². The van der Waals surface area contributed by atoms with Crippen LogP contribution in [0.25, 0.3) is 22.8 Å². The molecule has 0 spiro atoms. The van der Waals surface area contributed by atoms with E-state index in [2.05, 4.69) is 27.6 Å². The second-order valence-corrected chi connectivity index (χ2v) is 6.00. The number of fused-ring (bicyclic) bond motifs is 1. The number of anilines is 1. The summed E-state index contributed by atoms with van der Waals surface area (Å²) in [5.74, 6) is 2.41. The fourth-order valence-electron chi connectivity index (χ4n) is 3.07. The van der Waals surface area contributed by atoms with E-state index in [1.807, 2.05) is 38.1 Å². The summed E-state index contributed by atoms with van der Waals surface area (Å²) in [5.41, 5.74) is 4.21. The van der Waals surface area contributed by atoms with Crippen LogP contribution in [0.1, 0.15) is 19.4 Å². The summed E-state index contributed by atoms with van der Waals surface area (Å²) >= 11 is 0. The van der Waals surface area contributed by atoms with Gasteiger partial charge in [-0.25, -0.2) is 0 Å². The molecule has 0 fully saturated rings. The lowest BCUT2D eigenvalue weighted by Gasteiger charge is -2.11. The standard InChI is InChI=1S/C20H21N3O3/c1-3-24-17-8-7-15(12-18(17)25-4-2)20-22-19(23-26-20)14-6-5-13-9-10-21-16(13)11-14/h5-8,11-12,21H,3-4,9-10H2,1-2H3. The molecule has 6 nitrogen and oxygen atoms in total. The van der Waals surface area contributed by atoms with Gasteiger partial charge in [0, 0.05) is 23.4 Å². The van der Waals surface area contributed by atoms with E-state index >= 15 is 0 Å². The highest BCUT2D eigenvalue weighted by atomic mass is 16.5. The van der Waals surface area contributed by atoms with E-state index in [-0.39, 0.29) is 0 Å². The lowest BCUT2D eigenvalue weighted by atomic mass is 10.1. The zero-order valence-electron chi connectivity index (χ0n) is 14.9. The van der Waals surface area contributed by atoms with E-state index in [0.29, 0.717) is 36.4 Å². The molecule has 134 valence electrons. The van der Waals surface area contributed by atoms with Crippen LogP contribution < -0.4 is 14.8 Å². The van der Waals surface area contributed by atoms with Crippen molar-refractivity contribution in [3.05, 3.63) is 42.0 Å². The molecule has 0 unspecified atom stereocenters. The fourth-order valence-corrected chi connectivity index (χ4v) is 3.07. The molecule has 0 atom stereocenters. The van der Waals surface area contributed by atoms with Crippen LogP contribution in [0.3, 0.4) is 0 Å². The number of nitrogens with one attached hydrogen (secondary N) is 1. The molecule has 0 saturated carbocycles. The van der Waals surface area contributed by atoms with Crippen molar-refractivity contribution in [2.24, 2.45) is 0 Å². The van der Waals surface area contributed by atoms with Gasteiger partial charge in [-0.15, -0.1) is 0 Å². The maximum Gasteiger partial charge on any atom is 0.258 e. The monoisotopic (exact) mass is 351 g/mol. The first-order chi connectivity index (χ1) is 12.8. The van der Waals surface area contributed by atoms with E-state index in [4.69, 9.17) is 14.0 Å². The molecule has 2 heterocycles. The zero-order valence-corrected chi connectivity index (χ0v) is 14.9. The quantitative estimate of drug-likeness (QED) is 0.719. The first kappa shape index (κ1) is 16.4. The van der Waals surface area contributed by atoms with Gasteiger partial charge in [0.1, 0.15) is 0 Å². The number of ether oxygens (including phenoxy) is 2. The molecule has 2 aromatic carbocycles. The van der Waals surface area contributed by atoms with Gasteiger partial charge in [-0.05, 0) is 50.1 Å². The van der Waals surface area contributed by atoms with E-state index in [0.717, 1.165) is 29.8 Å². The second kappa shape index (κ2) is 7.07. The molecule has 0 saturated heterocycles. The Morgan fingerprint density at radius 2 is 1.81 bits per heavy atom. The summed E-state index contributed by atoms with van der Waals surface area (Å²) in [6.45, 7) is 5.99. The molecular formula is C20H21N3O3. The van der Waals surface area contributed by atoms with Crippen LogP contribution in [0.2, 0.25) is 0 Å². The zero-order chi connectivity index (χ0) is 17.9. The highest BCUT2D eigenvalue weighted by molar-refractivity contribution is 5.68. The maximum absolute atomic E-state index is 5.67. The summed E-state index contributed by atoms with van der Waals surface area (Å²) in [4.78, 5) is 4.55. The second-order valence-electron chi connectivity index (χ2n) is 6.00. The summed E-state index contributed by atoms with van der Waals surface area (Å²) in [5, 5.41) is 7.51. The van der Waals surface area contributed by atoms with Gasteiger partial charge in [0.05, 0.1) is 13.2 Å². The molecule has 1 N–H and O–H groups in total. The Morgan fingerprint density at radius 3 is 2.65 bits per heavy atom. The predicted molar refractivity (Wildman–Crippen MR) is 99.7 cm³/mol. The highest BCUT2D eigenvalue weighted by Gasteiger charge is 2.16. The van der Waals surface area contributed by atoms with Crippen molar-refractivity contribution in [2.75, 3.05) is 25.1 Å². The Hall–Kier alpha value is -3.02. The van der Waals surface area contributed by atoms with Gasteiger partial charge in [-0.2, -0.15) is 4.98 Å². The van der Waals surface area contributed by atoms with Crippen LogP contribution in [-0.2, 0) is 6.42 Å². The van der Waals surface area contributed by atoms with Gasteiger partial charge in [0.2, 0.25) is 5.82 Å². The average molecular weight is 351 g/mol. The number of hydrogen-bond acceptors (Lipinski definition) is 6. The molecule has 1 aromatic heterocycles. The van der Waals surface area contributed by atoms with Crippen molar-refractivity contribution in [2.45, 2.75) is 20.3 Å². The summed E-state index contributed by atoms with van der Waals surface area (Å²) in [6.07, 6.45) is 1.06. The number of nitrogens with zero attached hydrogens (tertiary/aromatic N) is 2. The van der Waals surface area contributed by atoms with Crippen molar-refractivity contribution in [3.8, 4) is 34.3 Å². The lowest BCUT2D eigenvalue weighted by Crippen LogP contribution is -1.98. The first-order valence-corrected chi connectivity index (χ1v) is 8.89. The van der Waals surface area contributed by atoms with Crippen molar-refractivity contribution in [1.29, 1.82) is 0 Å². The van der Waals surface area contributed by atoms with Gasteiger partial charge in [0.25, 0.3) is 5.89 Å². The lowest BCUT2D eigenvalue weighted by molar-refractivity contribution is 0.288. The SMILES string of the molecule is CCOc1ccc(-c2nc(-c3ccc4c(c3)NCC4)no2)cc1OCC. The van der Waals surface area contributed by atoms with Gasteiger partial charge in [-0.1, -0.05) is 17.3 Å². The third kappa shape index (κ3) is 3.10. The van der Waals surface area contributed by atoms with E-state index in [1.54, 1.807) is 0 Å². The molecule has 1 aliphatic rings. The molecule has 6 heteroatoms. The van der Waals surface area contributed by atoms with E-state index < -0.39 is 0 Å². The smallest absolute Gasteiger partial charge is 0.258 e. The molecule has 26 heavy (non-hydrogen) atoms. The summed E-state index contributed by atoms with van der Waals surface area (Å²) < 4.78 is 16.7. The largest absolute Gasteiger partial charge is 0.490 e. The minimum Gasteiger partial charge on any atom is -0.490 e. The van der Waals surface area contributed by atoms with Crippen molar-refractivity contribution in [1.82, 2.24) is 10.1 Å². The Labute approximate surface area is 152 Å². The number of hydrogen-bond donors (Lipinski definition) is 1. The van der Waals surface area contributed by atoms with Gasteiger partial charge < -0.3 is 19.3 Å². The van der Waals surface area contributed by atoms with E-state index in [1.165, 1.54) is 5.56 Å². The fraction of sp³-hybridized carbons (Fsp3) is 0.300. The van der Waals surface area contributed by atoms with Crippen LogP contribution in [0.4, 0.5) is 5.69 Å². The van der Waals surface area contributed by atoms with Gasteiger partial charge in [-0.3, -0.25) is 0 Å². The van der Waals surface area contributed by atoms with Gasteiger partial charge in [0.15, 0.2) is 11.5 Å². The van der Waals surface area contributed by atoms with Crippen molar-refractivity contribution >= 4 is 5.69 Å². The molecule has 3 aromatic rings. The summed E-state index contributed by atoms with van der Waals surface area (Å²) in [6, 6.07) is 11.9. The minimum atomic E-state index is 0.456. The maximum atomic E-state index is 5.67. The molecule has 1 aliphatic heterocycles. The molecule has 0 bridgehead atoms.